The lowest BCUT2D eigenvalue weighted by atomic mass is 10.0. The Balaban J connectivity index is 1.77. The Morgan fingerprint density at radius 1 is 1.20 bits per heavy atom. The number of rotatable bonds is 4. The summed E-state index contributed by atoms with van der Waals surface area (Å²) in [4.78, 5) is 11.1. The lowest BCUT2D eigenvalue weighted by Gasteiger charge is -2.34. The summed E-state index contributed by atoms with van der Waals surface area (Å²) >= 11 is 0. The Hall–Kier alpha value is -2.52. The van der Waals surface area contributed by atoms with E-state index in [2.05, 4.69) is 20.0 Å². The van der Waals surface area contributed by atoms with E-state index in [1.165, 1.54) is 18.5 Å². The van der Waals surface area contributed by atoms with Crippen LogP contribution in [0, 0.1) is 6.92 Å². The Bertz CT molecular complexity index is 1040. The Labute approximate surface area is 145 Å². The van der Waals surface area contributed by atoms with Crippen molar-refractivity contribution in [1.29, 1.82) is 0 Å². The summed E-state index contributed by atoms with van der Waals surface area (Å²) in [5.74, 6) is 1.61. The summed E-state index contributed by atoms with van der Waals surface area (Å²) in [5, 5.41) is 9.48. The van der Waals surface area contributed by atoms with E-state index in [4.69, 9.17) is 5.14 Å². The minimum absolute atomic E-state index is 0.112. The van der Waals surface area contributed by atoms with Gasteiger partial charge in [-0.3, -0.25) is 0 Å². The fourth-order valence-corrected chi connectivity index (χ4v) is 3.54. The highest BCUT2D eigenvalue weighted by molar-refractivity contribution is 7.89. The van der Waals surface area contributed by atoms with Crippen LogP contribution in [-0.2, 0) is 16.4 Å². The van der Waals surface area contributed by atoms with Gasteiger partial charge in [0, 0.05) is 30.8 Å². The largest absolute Gasteiger partial charge is 0.356 e. The van der Waals surface area contributed by atoms with Crippen LogP contribution in [0.1, 0.15) is 23.2 Å². The normalized spacial score (nSPS) is 14.7. The summed E-state index contributed by atoms with van der Waals surface area (Å²) in [6, 6.07) is 6.63. The molecule has 1 aliphatic heterocycles. The van der Waals surface area contributed by atoms with E-state index in [9.17, 15) is 8.42 Å². The summed E-state index contributed by atoms with van der Waals surface area (Å²) < 4.78 is 24.6. The molecule has 0 aliphatic carbocycles. The second-order valence-corrected chi connectivity index (χ2v) is 7.74. The number of sulfonamides is 1. The summed E-state index contributed by atoms with van der Waals surface area (Å²) in [6.45, 7) is 3.93. The quantitative estimate of drug-likeness (QED) is 0.742. The molecule has 2 aromatic heterocycles. The van der Waals surface area contributed by atoms with Gasteiger partial charge in [0.05, 0.1) is 4.90 Å². The summed E-state index contributed by atoms with van der Waals surface area (Å²) in [6.07, 6.45) is 3.29. The van der Waals surface area contributed by atoms with E-state index in [0.717, 1.165) is 42.1 Å². The van der Waals surface area contributed by atoms with E-state index in [1.54, 1.807) is 16.6 Å². The minimum Gasteiger partial charge on any atom is -0.356 e. The maximum atomic E-state index is 11.4. The number of fused-ring (bicyclic) bond motifs is 1. The van der Waals surface area contributed by atoms with Crippen molar-refractivity contribution >= 4 is 21.6 Å². The number of aryl methyl sites for hydroxylation is 1. The fourth-order valence-electron chi connectivity index (χ4n) is 3.03. The van der Waals surface area contributed by atoms with Crippen LogP contribution in [0.25, 0.3) is 5.78 Å². The molecule has 0 atom stereocenters. The van der Waals surface area contributed by atoms with Crippen molar-refractivity contribution in [2.24, 2.45) is 5.14 Å². The Morgan fingerprint density at radius 3 is 2.52 bits per heavy atom. The van der Waals surface area contributed by atoms with Crippen molar-refractivity contribution in [3.63, 3.8) is 0 Å². The molecule has 130 valence electrons. The molecule has 0 bridgehead atoms. The monoisotopic (exact) mass is 358 g/mol. The van der Waals surface area contributed by atoms with E-state index in [0.29, 0.717) is 12.2 Å². The summed E-state index contributed by atoms with van der Waals surface area (Å²) in [7, 11) is -3.68. The zero-order valence-corrected chi connectivity index (χ0v) is 14.6. The molecule has 3 aromatic rings. The van der Waals surface area contributed by atoms with Gasteiger partial charge in [0.15, 0.2) is 0 Å². The minimum atomic E-state index is -3.68. The number of hydrogen-bond acceptors (Lipinski definition) is 6. The Kier molecular flexibility index (Phi) is 3.69. The maximum Gasteiger partial charge on any atom is 0.254 e. The van der Waals surface area contributed by atoms with Crippen LogP contribution in [-0.4, -0.2) is 41.1 Å². The number of nitrogens with zero attached hydrogens (tertiary/aromatic N) is 5. The number of aromatic nitrogens is 4. The van der Waals surface area contributed by atoms with E-state index >= 15 is 0 Å². The highest BCUT2D eigenvalue weighted by Gasteiger charge is 2.24. The molecule has 1 saturated heterocycles. The first-order chi connectivity index (χ1) is 11.9. The topological polar surface area (TPSA) is 106 Å². The van der Waals surface area contributed by atoms with E-state index in [1.807, 2.05) is 6.92 Å². The zero-order chi connectivity index (χ0) is 17.6. The molecule has 3 heterocycles. The third kappa shape index (κ3) is 2.85. The van der Waals surface area contributed by atoms with Gasteiger partial charge in [-0.15, -0.1) is 0 Å². The third-order valence-electron chi connectivity index (χ3n) is 4.49. The van der Waals surface area contributed by atoms with Crippen LogP contribution >= 0.6 is 0 Å². The molecule has 1 aliphatic rings. The second-order valence-electron chi connectivity index (χ2n) is 6.18. The fraction of sp³-hybridized carbons (Fsp3) is 0.312. The number of hydrogen-bond donors (Lipinski definition) is 1. The molecule has 4 rings (SSSR count). The molecule has 0 saturated carbocycles. The number of benzene rings is 1. The molecule has 0 radical (unpaired) electrons. The van der Waals surface area contributed by atoms with E-state index in [-0.39, 0.29) is 4.90 Å². The molecule has 1 aromatic carbocycles. The van der Waals surface area contributed by atoms with Gasteiger partial charge in [0.25, 0.3) is 5.78 Å². The predicted molar refractivity (Wildman–Crippen MR) is 93.0 cm³/mol. The van der Waals surface area contributed by atoms with Crippen molar-refractivity contribution < 1.29 is 8.42 Å². The van der Waals surface area contributed by atoms with Crippen LogP contribution in [0.4, 0.5) is 5.82 Å². The number of nitrogens with two attached hydrogens (primary N) is 1. The van der Waals surface area contributed by atoms with Crippen LogP contribution < -0.4 is 10.0 Å². The lowest BCUT2D eigenvalue weighted by molar-refractivity contribution is 0.595. The van der Waals surface area contributed by atoms with Gasteiger partial charge in [-0.1, -0.05) is 12.1 Å². The first kappa shape index (κ1) is 16.0. The number of primary sulfonamides is 1. The molecule has 1 fully saturated rings. The molecular weight excluding hydrogens is 340 g/mol. The second kappa shape index (κ2) is 5.78. The molecule has 0 unspecified atom stereocenters. The van der Waals surface area contributed by atoms with Gasteiger partial charge in [0.1, 0.15) is 12.1 Å². The third-order valence-corrected chi connectivity index (χ3v) is 5.42. The van der Waals surface area contributed by atoms with Crippen LogP contribution in [0.3, 0.4) is 0 Å². The van der Waals surface area contributed by atoms with E-state index < -0.39 is 10.0 Å². The van der Waals surface area contributed by atoms with Gasteiger partial charge in [-0.05, 0) is 31.0 Å². The average Bonchev–Trinajstić information content (AvgIpc) is 2.96. The van der Waals surface area contributed by atoms with Crippen LogP contribution in [0.15, 0.2) is 35.5 Å². The highest BCUT2D eigenvalue weighted by Crippen LogP contribution is 2.29. The van der Waals surface area contributed by atoms with Crippen molar-refractivity contribution in [2.75, 3.05) is 18.0 Å². The van der Waals surface area contributed by atoms with Gasteiger partial charge >= 0.3 is 0 Å². The van der Waals surface area contributed by atoms with Gasteiger partial charge < -0.3 is 4.90 Å². The highest BCUT2D eigenvalue weighted by atomic mass is 32.2. The van der Waals surface area contributed by atoms with Crippen molar-refractivity contribution in [3.05, 3.63) is 47.4 Å². The molecule has 8 nitrogen and oxygen atoms in total. The lowest BCUT2D eigenvalue weighted by Crippen LogP contribution is -2.39. The molecular formula is C16H18N6O2S. The SMILES string of the molecule is Cc1nc2ncnn2c(N2CCC2)c1Cc1ccc(S(N)(=O)=O)cc1. The molecule has 25 heavy (non-hydrogen) atoms. The van der Waals surface area contributed by atoms with Crippen molar-refractivity contribution in [2.45, 2.75) is 24.7 Å². The van der Waals surface area contributed by atoms with Gasteiger partial charge in [0.2, 0.25) is 10.0 Å². The molecule has 2 N–H and O–H groups in total. The Morgan fingerprint density at radius 2 is 1.92 bits per heavy atom. The van der Waals surface area contributed by atoms with Crippen molar-refractivity contribution in [3.8, 4) is 0 Å². The molecule has 0 spiro atoms. The summed E-state index contributed by atoms with van der Waals surface area (Å²) in [5.41, 5.74) is 2.96. The number of anilines is 1. The molecule has 0 amide bonds. The smallest absolute Gasteiger partial charge is 0.254 e. The first-order valence-corrected chi connectivity index (χ1v) is 9.54. The predicted octanol–water partition coefficient (Wildman–Crippen LogP) is 0.881. The zero-order valence-electron chi connectivity index (χ0n) is 13.8. The van der Waals surface area contributed by atoms with Crippen LogP contribution in [0.2, 0.25) is 0 Å². The molecule has 9 heteroatoms. The van der Waals surface area contributed by atoms with Crippen LogP contribution in [0.5, 0.6) is 0 Å². The van der Waals surface area contributed by atoms with Gasteiger partial charge in [-0.2, -0.15) is 14.6 Å². The van der Waals surface area contributed by atoms with Gasteiger partial charge in [-0.25, -0.2) is 18.5 Å². The maximum absolute atomic E-state index is 11.4. The van der Waals surface area contributed by atoms with Crippen molar-refractivity contribution in [1.82, 2.24) is 19.6 Å². The first-order valence-electron chi connectivity index (χ1n) is 7.99. The average molecular weight is 358 g/mol. The standard InChI is InChI=1S/C16H18N6O2S/c1-11-14(9-12-3-5-13(6-4-12)25(17,23)24)15(21-7-2-8-21)22-16(20-11)18-10-19-22/h3-6,10H,2,7-9H2,1H3,(H2,17,23,24).